The van der Waals surface area contributed by atoms with Crippen molar-refractivity contribution in [2.24, 2.45) is 0 Å². The standard InChI is InChI=1S/C10H17N2O13P3S/c1-5-3-12(10(15)11-9(5)14)8-2-6(13)7(23-8)4-22-28(21,29)25-27(19,20)24-26(16,17)18/h3,6-8,13H,2,4H2,1H3,(H,19,20)(H,21,29)(H,11,14,15)(H2,16,17,18)/p-4. The van der Waals surface area contributed by atoms with Gasteiger partial charge in [-0.1, -0.05) is 11.8 Å². The second-order valence-corrected chi connectivity index (χ2v) is 11.3. The average molecular weight is 494 g/mol. The van der Waals surface area contributed by atoms with E-state index in [0.29, 0.717) is 0 Å². The highest BCUT2D eigenvalue weighted by Crippen LogP contribution is 2.60. The number of aliphatic hydroxyl groups is 1. The zero-order valence-corrected chi connectivity index (χ0v) is 17.8. The van der Waals surface area contributed by atoms with Crippen LogP contribution in [0, 0.1) is 6.92 Å². The van der Waals surface area contributed by atoms with Gasteiger partial charge in [-0.25, -0.2) is 4.79 Å². The summed E-state index contributed by atoms with van der Waals surface area (Å²) in [6, 6.07) is 0. The van der Waals surface area contributed by atoms with Gasteiger partial charge < -0.3 is 38.5 Å². The summed E-state index contributed by atoms with van der Waals surface area (Å²) in [5, 5.41) is 10.0. The lowest BCUT2D eigenvalue weighted by Crippen LogP contribution is -2.33. The Kier molecular flexibility index (Phi) is 7.57. The number of aromatic nitrogens is 2. The Morgan fingerprint density at radius 2 is 1.93 bits per heavy atom. The van der Waals surface area contributed by atoms with Crippen molar-refractivity contribution in [1.29, 1.82) is 0 Å². The molecule has 0 aromatic carbocycles. The molecule has 1 aromatic heterocycles. The van der Waals surface area contributed by atoms with Crippen LogP contribution in [0.25, 0.3) is 0 Å². The first-order valence-electron chi connectivity index (χ1n) is 7.45. The van der Waals surface area contributed by atoms with Crippen molar-refractivity contribution >= 4 is 34.2 Å². The van der Waals surface area contributed by atoms with E-state index in [2.05, 4.69) is 25.0 Å². The number of hydrogen-bond donors (Lipinski definition) is 2. The van der Waals surface area contributed by atoms with Crippen LogP contribution >= 0.6 is 22.4 Å². The molecule has 19 heteroatoms. The first-order chi connectivity index (χ1) is 13.1. The van der Waals surface area contributed by atoms with Gasteiger partial charge in [-0.3, -0.25) is 27.5 Å². The lowest BCUT2D eigenvalue weighted by molar-refractivity contribution is -0.339. The highest BCUT2D eigenvalue weighted by atomic mass is 32.5. The molecule has 166 valence electrons. The third kappa shape index (κ3) is 7.26. The maximum Gasteiger partial charge on any atom is 0.330 e. The van der Waals surface area contributed by atoms with E-state index >= 15 is 0 Å². The largest absolute Gasteiger partial charge is 0.790 e. The number of ether oxygens (including phenoxy) is 1. The molecule has 0 amide bonds. The van der Waals surface area contributed by atoms with Crippen molar-refractivity contribution in [3.05, 3.63) is 32.6 Å². The Morgan fingerprint density at radius 1 is 1.31 bits per heavy atom. The summed E-state index contributed by atoms with van der Waals surface area (Å²) in [4.78, 5) is 69.0. The Morgan fingerprint density at radius 3 is 2.52 bits per heavy atom. The van der Waals surface area contributed by atoms with E-state index in [1.54, 1.807) is 0 Å². The van der Waals surface area contributed by atoms with Crippen LogP contribution in [0.15, 0.2) is 15.8 Å². The lowest BCUT2D eigenvalue weighted by atomic mass is 10.2. The van der Waals surface area contributed by atoms with Crippen molar-refractivity contribution in [3.63, 3.8) is 0 Å². The van der Waals surface area contributed by atoms with E-state index in [1.165, 1.54) is 13.1 Å². The van der Waals surface area contributed by atoms with Gasteiger partial charge in [0.1, 0.15) is 19.1 Å². The molecule has 0 bridgehead atoms. The van der Waals surface area contributed by atoms with Crippen LogP contribution in [-0.2, 0) is 38.8 Å². The van der Waals surface area contributed by atoms with Gasteiger partial charge >= 0.3 is 5.69 Å². The second-order valence-electron chi connectivity index (χ2n) is 5.71. The zero-order chi connectivity index (χ0) is 22.2. The molecule has 5 unspecified atom stereocenters. The van der Waals surface area contributed by atoms with Crippen LogP contribution < -0.4 is 30.8 Å². The van der Waals surface area contributed by atoms with Crippen LogP contribution in [-0.4, -0.2) is 33.5 Å². The Bertz CT molecular complexity index is 1020. The molecule has 5 atom stereocenters. The number of nitrogens with one attached hydrogen (secondary N) is 1. The quantitative estimate of drug-likeness (QED) is 0.332. The van der Waals surface area contributed by atoms with Crippen LogP contribution in [0.5, 0.6) is 0 Å². The fraction of sp³-hybridized carbons (Fsp3) is 0.600. The number of H-pyrrole nitrogens is 1. The molecular weight excluding hydrogens is 481 g/mol. The van der Waals surface area contributed by atoms with Crippen molar-refractivity contribution in [3.8, 4) is 0 Å². The number of aliphatic hydroxyl groups excluding tert-OH is 1. The maximum atomic E-state index is 11.9. The van der Waals surface area contributed by atoms with Gasteiger partial charge in [0.25, 0.3) is 13.4 Å². The summed E-state index contributed by atoms with van der Waals surface area (Å²) in [6.07, 6.45) is -2.55. The van der Waals surface area contributed by atoms with Crippen LogP contribution in [0.4, 0.5) is 0 Å². The molecule has 15 nitrogen and oxygen atoms in total. The molecule has 1 aromatic rings. The average Bonchev–Trinajstić information content (AvgIpc) is 2.86. The number of phosphoric acid groups is 2. The van der Waals surface area contributed by atoms with E-state index in [-0.39, 0.29) is 12.0 Å². The monoisotopic (exact) mass is 494 g/mol. The molecule has 2 rings (SSSR count). The number of aryl methyl sites for hydroxylation is 1. The topological polar surface area (TPSA) is 238 Å². The Balaban J connectivity index is 2.03. The minimum Gasteiger partial charge on any atom is -0.790 e. The molecule has 0 aliphatic carbocycles. The molecule has 29 heavy (non-hydrogen) atoms. The van der Waals surface area contributed by atoms with Crippen molar-refractivity contribution in [2.45, 2.75) is 31.8 Å². The second kappa shape index (κ2) is 8.89. The third-order valence-corrected chi connectivity index (χ3v) is 8.04. The van der Waals surface area contributed by atoms with Gasteiger partial charge in [-0.2, -0.15) is 0 Å². The zero-order valence-electron chi connectivity index (χ0n) is 14.3. The highest BCUT2D eigenvalue weighted by molar-refractivity contribution is 8.07. The predicted octanol–water partition coefficient (Wildman–Crippen LogP) is -3.57. The van der Waals surface area contributed by atoms with Crippen LogP contribution in [0.2, 0.25) is 0 Å². The van der Waals surface area contributed by atoms with Gasteiger partial charge in [-0.15, -0.1) is 0 Å². The number of nitrogens with zero attached hydrogens (tertiary/aromatic N) is 1. The minimum atomic E-state index is -6.02. The normalized spacial score (nSPS) is 26.8. The van der Waals surface area contributed by atoms with Gasteiger partial charge in [0.05, 0.1) is 20.5 Å². The minimum absolute atomic E-state index is 0.152. The predicted molar refractivity (Wildman–Crippen MR) is 88.2 cm³/mol. The van der Waals surface area contributed by atoms with Gasteiger partial charge in [0.2, 0.25) is 0 Å². The summed E-state index contributed by atoms with van der Waals surface area (Å²) < 4.78 is 39.3. The Labute approximate surface area is 166 Å². The van der Waals surface area contributed by atoms with Gasteiger partial charge in [0.15, 0.2) is 0 Å². The van der Waals surface area contributed by atoms with Crippen LogP contribution in [0.3, 0.4) is 0 Å². The molecule has 0 spiro atoms. The van der Waals surface area contributed by atoms with Gasteiger partial charge in [-0.05, 0) is 6.92 Å². The molecule has 1 aliphatic rings. The molecule has 0 saturated carbocycles. The summed E-state index contributed by atoms with van der Waals surface area (Å²) in [7, 11) is -11.9. The first-order valence-corrected chi connectivity index (χ1v) is 12.9. The molecular formula is C10H13N2O13P3S-4. The number of aromatic amines is 1. The number of hydrogen-bond acceptors (Lipinski definition) is 14. The first kappa shape index (κ1) is 24.7. The fourth-order valence-corrected chi connectivity index (χ4v) is 6.07. The van der Waals surface area contributed by atoms with Crippen LogP contribution in [0.1, 0.15) is 18.2 Å². The molecule has 0 radical (unpaired) electrons. The summed E-state index contributed by atoms with van der Waals surface area (Å²) >= 11 is 4.26. The fourth-order valence-electron chi connectivity index (χ4n) is 2.28. The SMILES string of the molecule is Cc1cn(C2CC(O)C(COP([O-])(=S)OP(=O)([O-])OP(=O)([O-])[O-])O2)c(=O)[nH]c1=O. The van der Waals surface area contributed by atoms with Gasteiger partial charge in [0, 0.05) is 18.2 Å². The highest BCUT2D eigenvalue weighted by Gasteiger charge is 2.36. The molecule has 2 heterocycles. The smallest absolute Gasteiger partial charge is 0.330 e. The maximum absolute atomic E-state index is 11.9. The molecule has 2 N–H and O–H groups in total. The number of rotatable bonds is 8. The van der Waals surface area contributed by atoms with Crippen molar-refractivity contribution < 1.29 is 51.7 Å². The molecule has 1 saturated heterocycles. The molecule has 1 fully saturated rings. The van der Waals surface area contributed by atoms with E-state index in [0.717, 1.165) is 4.57 Å². The lowest BCUT2D eigenvalue weighted by Gasteiger charge is -2.39. The van der Waals surface area contributed by atoms with E-state index in [1.807, 2.05) is 4.98 Å². The summed E-state index contributed by atoms with van der Waals surface area (Å²) in [5.41, 5.74) is -1.24. The molecule has 1 aliphatic heterocycles. The summed E-state index contributed by atoms with van der Waals surface area (Å²) in [6.45, 7) is -4.28. The van der Waals surface area contributed by atoms with E-state index in [4.69, 9.17) is 4.74 Å². The van der Waals surface area contributed by atoms with Crippen molar-refractivity contribution in [2.75, 3.05) is 6.61 Å². The summed E-state index contributed by atoms with van der Waals surface area (Å²) in [5.74, 6) is 0. The third-order valence-electron chi connectivity index (χ3n) is 3.46. The Hall–Kier alpha value is -0.570. The van der Waals surface area contributed by atoms with E-state index in [9.17, 15) is 43.4 Å². The van der Waals surface area contributed by atoms with E-state index < -0.39 is 58.7 Å². The van der Waals surface area contributed by atoms with Crippen molar-refractivity contribution in [1.82, 2.24) is 9.55 Å².